The molecule has 2 aliphatic rings. The first-order valence-corrected chi connectivity index (χ1v) is 12.3. The minimum atomic E-state index is -0.738. The molecule has 2 fully saturated rings. The van der Waals surface area contributed by atoms with E-state index in [4.69, 9.17) is 34.3 Å². The quantitative estimate of drug-likeness (QED) is 0.432. The lowest BCUT2D eigenvalue weighted by Gasteiger charge is -2.60. The fourth-order valence-electron chi connectivity index (χ4n) is 4.86. The van der Waals surface area contributed by atoms with Gasteiger partial charge in [0.1, 0.15) is 22.1 Å². The number of amides is 1. The molecule has 0 aliphatic carbocycles. The van der Waals surface area contributed by atoms with Crippen molar-refractivity contribution in [3.63, 3.8) is 0 Å². The number of nitrogens with two attached hydrogens (primary N) is 1. The summed E-state index contributed by atoms with van der Waals surface area (Å²) in [5.74, 6) is -1.34. The number of carbonyl (C=O) groups excluding carboxylic acids is 1. The number of halogens is 3. The van der Waals surface area contributed by atoms with Crippen LogP contribution in [0.3, 0.4) is 0 Å². The normalized spacial score (nSPS) is 16.6. The Labute approximate surface area is 218 Å². The zero-order valence-electron chi connectivity index (χ0n) is 20.1. The van der Waals surface area contributed by atoms with E-state index in [0.717, 1.165) is 0 Å². The van der Waals surface area contributed by atoms with E-state index >= 15 is 4.39 Å². The van der Waals surface area contributed by atoms with E-state index in [0.29, 0.717) is 53.1 Å². The van der Waals surface area contributed by atoms with Gasteiger partial charge in [0.25, 0.3) is 0 Å². The number of anilines is 1. The van der Waals surface area contributed by atoms with Gasteiger partial charge in [0, 0.05) is 48.7 Å². The van der Waals surface area contributed by atoms with E-state index < -0.39 is 17.2 Å². The molecule has 10 heteroatoms. The summed E-state index contributed by atoms with van der Waals surface area (Å²) >= 11 is 11.8. The van der Waals surface area contributed by atoms with Crippen LogP contribution >= 0.6 is 23.8 Å². The summed E-state index contributed by atoms with van der Waals surface area (Å²) in [5.41, 5.74) is 6.10. The predicted octanol–water partition coefficient (Wildman–Crippen LogP) is 5.64. The Morgan fingerprint density at radius 2 is 1.81 bits per heavy atom. The molecule has 2 N–H and O–H groups in total. The molecule has 2 aliphatic heterocycles. The zero-order chi connectivity index (χ0) is 26.0. The topological polar surface area (TPSA) is 71.7 Å². The van der Waals surface area contributed by atoms with Crippen LogP contribution in [-0.2, 0) is 4.74 Å². The van der Waals surface area contributed by atoms with Gasteiger partial charge in [-0.2, -0.15) is 0 Å². The minimum absolute atomic E-state index is 0.0239. The molecule has 5 rings (SSSR count). The summed E-state index contributed by atoms with van der Waals surface area (Å²) in [6.07, 6.45) is 1.12. The highest BCUT2D eigenvalue weighted by atomic mass is 35.5. The van der Waals surface area contributed by atoms with Crippen LogP contribution in [0.1, 0.15) is 26.3 Å². The fraction of sp³-hybridized carbons (Fsp3) is 0.346. The van der Waals surface area contributed by atoms with Crippen molar-refractivity contribution in [2.45, 2.75) is 26.4 Å². The standard InChI is InChI=1S/C26H25ClF2N4O2S/c1-25(2,3)35-24(34)33-12-26(13-33)10-32(11-26)23(36)16-9-31-22(20(29)21(16)30)15-6-4-5-14-7-8-17(28)19(27)18(14)15/h4-9H,10-13H2,1-3H3,(H2,30,31). The fourth-order valence-corrected chi connectivity index (χ4v) is 5.43. The third kappa shape index (κ3) is 4.14. The van der Waals surface area contributed by atoms with Crippen molar-refractivity contribution in [1.29, 1.82) is 0 Å². The second kappa shape index (κ2) is 8.52. The molecule has 2 saturated heterocycles. The lowest BCUT2D eigenvalue weighted by Crippen LogP contribution is -2.73. The van der Waals surface area contributed by atoms with Gasteiger partial charge in [-0.25, -0.2) is 13.6 Å². The number of benzene rings is 2. The van der Waals surface area contributed by atoms with E-state index in [1.807, 2.05) is 25.7 Å². The highest BCUT2D eigenvalue weighted by molar-refractivity contribution is 7.80. The number of nitrogens with zero attached hydrogens (tertiary/aromatic N) is 3. The second-order valence-corrected chi connectivity index (χ2v) is 11.3. The summed E-state index contributed by atoms with van der Waals surface area (Å²) < 4.78 is 35.1. The third-order valence-electron chi connectivity index (χ3n) is 6.52. The van der Waals surface area contributed by atoms with Crippen LogP contribution in [0.25, 0.3) is 22.0 Å². The van der Waals surface area contributed by atoms with Crippen LogP contribution in [0.2, 0.25) is 5.02 Å². The molecule has 3 aromatic rings. The SMILES string of the molecule is CC(C)(C)OC(=O)N1CC2(C1)CN(C(=S)c1cnc(-c3cccc4ccc(F)c(Cl)c34)c(F)c1N)C2. The van der Waals surface area contributed by atoms with Crippen LogP contribution in [0.5, 0.6) is 0 Å². The second-order valence-electron chi connectivity index (χ2n) is 10.5. The number of hydrogen-bond acceptors (Lipinski definition) is 5. The number of carbonyl (C=O) groups is 1. The average molecular weight is 531 g/mol. The first-order chi connectivity index (χ1) is 16.9. The summed E-state index contributed by atoms with van der Waals surface area (Å²) in [6, 6.07) is 7.96. The molecule has 36 heavy (non-hydrogen) atoms. The van der Waals surface area contributed by atoms with Crippen LogP contribution in [0.4, 0.5) is 19.3 Å². The third-order valence-corrected chi connectivity index (χ3v) is 7.37. The Hall–Kier alpha value is -3.04. The van der Waals surface area contributed by atoms with Gasteiger partial charge in [0.2, 0.25) is 0 Å². The van der Waals surface area contributed by atoms with E-state index in [1.54, 1.807) is 29.2 Å². The number of fused-ring (bicyclic) bond motifs is 1. The number of likely N-dealkylation sites (tertiary alicyclic amines) is 2. The van der Waals surface area contributed by atoms with Gasteiger partial charge >= 0.3 is 6.09 Å². The monoisotopic (exact) mass is 530 g/mol. The highest BCUT2D eigenvalue weighted by Crippen LogP contribution is 2.42. The number of nitrogen functional groups attached to an aromatic ring is 1. The van der Waals surface area contributed by atoms with Crippen LogP contribution in [-0.4, -0.2) is 57.6 Å². The van der Waals surface area contributed by atoms with Gasteiger partial charge in [-0.3, -0.25) is 4.98 Å². The number of rotatable bonds is 2. The maximum atomic E-state index is 15.5. The Balaban J connectivity index is 1.33. The average Bonchev–Trinajstić information content (AvgIpc) is 2.74. The van der Waals surface area contributed by atoms with Crippen molar-refractivity contribution in [3.05, 3.63) is 58.7 Å². The lowest BCUT2D eigenvalue weighted by molar-refractivity contribution is -0.0878. The molecule has 3 heterocycles. The van der Waals surface area contributed by atoms with Gasteiger partial charge in [-0.1, -0.05) is 48.1 Å². The van der Waals surface area contributed by atoms with Crippen molar-refractivity contribution in [2.75, 3.05) is 31.9 Å². The van der Waals surface area contributed by atoms with Crippen molar-refractivity contribution in [2.24, 2.45) is 5.41 Å². The van der Waals surface area contributed by atoms with Crippen LogP contribution < -0.4 is 5.73 Å². The van der Waals surface area contributed by atoms with Gasteiger partial charge in [-0.05, 0) is 32.2 Å². The number of thiocarbonyl (C=S) groups is 1. The zero-order valence-corrected chi connectivity index (χ0v) is 21.6. The molecule has 1 spiro atoms. The molecule has 0 bridgehead atoms. The Bertz CT molecular complexity index is 1410. The molecule has 188 valence electrons. The number of hydrogen-bond donors (Lipinski definition) is 1. The van der Waals surface area contributed by atoms with Gasteiger partial charge < -0.3 is 20.3 Å². The van der Waals surface area contributed by atoms with Crippen molar-refractivity contribution >= 4 is 51.4 Å². The van der Waals surface area contributed by atoms with E-state index in [-0.39, 0.29) is 27.9 Å². The summed E-state index contributed by atoms with van der Waals surface area (Å²) in [6.45, 7) is 7.93. The van der Waals surface area contributed by atoms with Crippen molar-refractivity contribution in [3.8, 4) is 11.3 Å². The maximum absolute atomic E-state index is 15.5. The Morgan fingerprint density at radius 1 is 1.14 bits per heavy atom. The molecular formula is C26H25ClF2N4O2S. The van der Waals surface area contributed by atoms with E-state index in [2.05, 4.69) is 4.98 Å². The Morgan fingerprint density at radius 3 is 2.47 bits per heavy atom. The molecule has 6 nitrogen and oxygen atoms in total. The smallest absolute Gasteiger partial charge is 0.410 e. The van der Waals surface area contributed by atoms with E-state index in [1.165, 1.54) is 12.3 Å². The highest BCUT2D eigenvalue weighted by Gasteiger charge is 2.54. The molecule has 0 unspecified atom stereocenters. The van der Waals surface area contributed by atoms with Gasteiger partial charge in [0.15, 0.2) is 5.82 Å². The Kier molecular flexibility index (Phi) is 5.83. The number of ether oxygens (including phenoxy) is 1. The molecular weight excluding hydrogens is 506 g/mol. The molecule has 1 amide bonds. The maximum Gasteiger partial charge on any atom is 0.410 e. The van der Waals surface area contributed by atoms with Crippen molar-refractivity contribution in [1.82, 2.24) is 14.8 Å². The molecule has 0 saturated carbocycles. The van der Waals surface area contributed by atoms with E-state index in [9.17, 15) is 9.18 Å². The largest absolute Gasteiger partial charge is 0.444 e. The predicted molar refractivity (Wildman–Crippen MR) is 140 cm³/mol. The minimum Gasteiger partial charge on any atom is -0.444 e. The van der Waals surface area contributed by atoms with Crippen molar-refractivity contribution < 1.29 is 18.3 Å². The summed E-state index contributed by atoms with van der Waals surface area (Å²) in [4.78, 5) is 20.5. The van der Waals surface area contributed by atoms with Crippen LogP contribution in [0.15, 0.2) is 36.5 Å². The first kappa shape index (κ1) is 24.6. The first-order valence-electron chi connectivity index (χ1n) is 11.5. The number of pyridine rings is 1. The molecule has 0 atom stereocenters. The van der Waals surface area contributed by atoms with Crippen LogP contribution in [0, 0.1) is 17.0 Å². The summed E-state index contributed by atoms with van der Waals surface area (Å²) in [7, 11) is 0. The lowest BCUT2D eigenvalue weighted by atomic mass is 9.73. The van der Waals surface area contributed by atoms with Gasteiger partial charge in [-0.15, -0.1) is 0 Å². The summed E-state index contributed by atoms with van der Waals surface area (Å²) in [5, 5.41) is 0.920. The molecule has 1 aromatic heterocycles. The van der Waals surface area contributed by atoms with Gasteiger partial charge in [0.05, 0.1) is 16.3 Å². The number of aromatic nitrogens is 1. The molecule has 0 radical (unpaired) electrons. The molecule has 2 aromatic carbocycles.